The summed E-state index contributed by atoms with van der Waals surface area (Å²) in [6.07, 6.45) is 1.24. The van der Waals surface area contributed by atoms with Crippen LogP contribution in [0.5, 0.6) is 0 Å². The first-order chi connectivity index (χ1) is 15.3. The van der Waals surface area contributed by atoms with Crippen molar-refractivity contribution in [1.29, 1.82) is 0 Å². The SMILES string of the molecule is CC(=O)N(c1ccc2nn(C)nc2c1)c1cc(NC(=O)Cc2c(F)cccc2Cl)ccn1. The molecule has 10 heteroatoms. The molecule has 0 radical (unpaired) electrons. The van der Waals surface area contributed by atoms with Crippen LogP contribution in [-0.4, -0.2) is 31.8 Å². The third kappa shape index (κ3) is 4.42. The molecule has 0 bridgehead atoms. The van der Waals surface area contributed by atoms with E-state index in [1.165, 1.54) is 41.0 Å². The highest BCUT2D eigenvalue weighted by Gasteiger charge is 2.18. The molecule has 1 N–H and O–H groups in total. The van der Waals surface area contributed by atoms with Gasteiger partial charge in [0.25, 0.3) is 0 Å². The van der Waals surface area contributed by atoms with Crippen LogP contribution >= 0.6 is 11.6 Å². The van der Waals surface area contributed by atoms with E-state index in [4.69, 9.17) is 11.6 Å². The molecule has 2 amide bonds. The van der Waals surface area contributed by atoms with E-state index in [-0.39, 0.29) is 22.9 Å². The summed E-state index contributed by atoms with van der Waals surface area (Å²) in [6.45, 7) is 1.41. The first kappa shape index (κ1) is 21.4. The molecule has 0 aliphatic rings. The highest BCUT2D eigenvalue weighted by Crippen LogP contribution is 2.28. The Morgan fingerprint density at radius 2 is 1.91 bits per heavy atom. The zero-order valence-electron chi connectivity index (χ0n) is 17.2. The highest BCUT2D eigenvalue weighted by atomic mass is 35.5. The molecular formula is C22H18ClFN6O2. The van der Waals surface area contributed by atoms with Gasteiger partial charge in [-0.1, -0.05) is 17.7 Å². The highest BCUT2D eigenvalue weighted by molar-refractivity contribution is 6.31. The number of nitrogens with zero attached hydrogens (tertiary/aromatic N) is 5. The molecule has 0 aliphatic carbocycles. The van der Waals surface area contributed by atoms with Crippen molar-refractivity contribution in [2.75, 3.05) is 10.2 Å². The maximum absolute atomic E-state index is 14.0. The molecule has 0 spiro atoms. The first-order valence-corrected chi connectivity index (χ1v) is 10.00. The van der Waals surface area contributed by atoms with E-state index >= 15 is 0 Å². The van der Waals surface area contributed by atoms with E-state index in [0.717, 1.165) is 0 Å². The smallest absolute Gasteiger partial charge is 0.229 e. The number of rotatable bonds is 5. The molecule has 0 unspecified atom stereocenters. The van der Waals surface area contributed by atoms with Crippen molar-refractivity contribution in [3.8, 4) is 0 Å². The molecule has 32 heavy (non-hydrogen) atoms. The third-order valence-electron chi connectivity index (χ3n) is 4.69. The molecule has 4 aromatic rings. The van der Waals surface area contributed by atoms with Gasteiger partial charge in [0.15, 0.2) is 0 Å². The minimum absolute atomic E-state index is 0.114. The Kier molecular flexibility index (Phi) is 5.83. The summed E-state index contributed by atoms with van der Waals surface area (Å²) in [7, 11) is 1.71. The van der Waals surface area contributed by atoms with Gasteiger partial charge in [-0.05, 0) is 36.4 Å². The monoisotopic (exact) mass is 452 g/mol. The van der Waals surface area contributed by atoms with E-state index in [1.54, 1.807) is 37.4 Å². The summed E-state index contributed by atoms with van der Waals surface area (Å²) in [5.41, 5.74) is 2.39. The second kappa shape index (κ2) is 8.72. The number of hydrogen-bond donors (Lipinski definition) is 1. The van der Waals surface area contributed by atoms with E-state index in [1.807, 2.05) is 0 Å². The van der Waals surface area contributed by atoms with Gasteiger partial charge in [-0.25, -0.2) is 9.37 Å². The number of aromatic nitrogens is 4. The topological polar surface area (TPSA) is 93.0 Å². The summed E-state index contributed by atoms with van der Waals surface area (Å²) in [5.74, 6) is -0.973. The van der Waals surface area contributed by atoms with Crippen molar-refractivity contribution < 1.29 is 14.0 Å². The van der Waals surface area contributed by atoms with Gasteiger partial charge in [-0.15, -0.1) is 0 Å². The molecule has 8 nitrogen and oxygen atoms in total. The van der Waals surface area contributed by atoms with Crippen molar-refractivity contribution in [2.24, 2.45) is 7.05 Å². The zero-order chi connectivity index (χ0) is 22.8. The molecule has 0 saturated heterocycles. The minimum Gasteiger partial charge on any atom is -0.326 e. The maximum Gasteiger partial charge on any atom is 0.229 e. The Hall–Kier alpha value is -3.85. The lowest BCUT2D eigenvalue weighted by atomic mass is 10.1. The summed E-state index contributed by atoms with van der Waals surface area (Å²) in [6, 6.07) is 12.6. The van der Waals surface area contributed by atoms with Gasteiger partial charge < -0.3 is 5.32 Å². The number of aryl methyl sites for hydroxylation is 1. The molecule has 0 saturated carbocycles. The lowest BCUT2D eigenvalue weighted by molar-refractivity contribution is -0.116. The predicted octanol–water partition coefficient (Wildman–Crippen LogP) is 4.02. The molecule has 2 heterocycles. The second-order valence-corrected chi connectivity index (χ2v) is 7.45. The number of carbonyl (C=O) groups excluding carboxylic acids is 2. The quantitative estimate of drug-likeness (QED) is 0.493. The largest absolute Gasteiger partial charge is 0.326 e. The molecule has 0 fully saturated rings. The number of hydrogen-bond acceptors (Lipinski definition) is 5. The van der Waals surface area contributed by atoms with Gasteiger partial charge in [0.1, 0.15) is 22.7 Å². The number of amides is 2. The van der Waals surface area contributed by atoms with Gasteiger partial charge in [0.05, 0.1) is 12.1 Å². The van der Waals surface area contributed by atoms with Crippen molar-refractivity contribution in [3.63, 3.8) is 0 Å². The minimum atomic E-state index is -0.551. The summed E-state index contributed by atoms with van der Waals surface area (Å²) in [5, 5.41) is 11.4. The van der Waals surface area contributed by atoms with Crippen LogP contribution in [0.3, 0.4) is 0 Å². The van der Waals surface area contributed by atoms with Gasteiger partial charge >= 0.3 is 0 Å². The van der Waals surface area contributed by atoms with E-state index in [9.17, 15) is 14.0 Å². The summed E-state index contributed by atoms with van der Waals surface area (Å²) in [4.78, 5) is 32.0. The normalized spacial score (nSPS) is 10.9. The van der Waals surface area contributed by atoms with Crippen LogP contribution in [0.15, 0.2) is 54.7 Å². The Labute approximate surface area is 187 Å². The number of pyridine rings is 1. The van der Waals surface area contributed by atoms with Gasteiger partial charge in [0, 0.05) is 42.5 Å². The Bertz CT molecular complexity index is 1320. The van der Waals surface area contributed by atoms with Crippen LogP contribution in [0.2, 0.25) is 5.02 Å². The van der Waals surface area contributed by atoms with Crippen molar-refractivity contribution >= 4 is 51.6 Å². The van der Waals surface area contributed by atoms with Crippen LogP contribution in [0.4, 0.5) is 21.6 Å². The van der Waals surface area contributed by atoms with Gasteiger partial charge in [-0.3, -0.25) is 14.5 Å². The molecular weight excluding hydrogens is 435 g/mol. The van der Waals surface area contributed by atoms with Gasteiger partial charge in [0.2, 0.25) is 11.8 Å². The molecule has 162 valence electrons. The van der Waals surface area contributed by atoms with Crippen LogP contribution < -0.4 is 10.2 Å². The predicted molar refractivity (Wildman–Crippen MR) is 119 cm³/mol. The Morgan fingerprint density at radius 1 is 1.12 bits per heavy atom. The molecule has 2 aromatic carbocycles. The number of halogens is 2. The van der Waals surface area contributed by atoms with Crippen molar-refractivity contribution in [2.45, 2.75) is 13.3 Å². The molecule has 0 atom stereocenters. The lowest BCUT2D eigenvalue weighted by Crippen LogP contribution is -2.24. The number of benzene rings is 2. The fraction of sp³-hybridized carbons (Fsp3) is 0.136. The lowest BCUT2D eigenvalue weighted by Gasteiger charge is -2.20. The zero-order valence-corrected chi connectivity index (χ0v) is 18.0. The third-order valence-corrected chi connectivity index (χ3v) is 5.05. The average molecular weight is 453 g/mol. The van der Waals surface area contributed by atoms with E-state index < -0.39 is 11.7 Å². The average Bonchev–Trinajstić information content (AvgIpc) is 3.10. The number of nitrogens with one attached hydrogen (secondary N) is 1. The van der Waals surface area contributed by atoms with Crippen molar-refractivity contribution in [1.82, 2.24) is 20.0 Å². The standard InChI is InChI=1S/C22H18ClFN6O2/c1-13(31)30(15-6-7-19-20(11-15)28-29(2)27-19)21-10-14(8-9-25-21)26-22(32)12-16-17(23)4-3-5-18(16)24/h3-11H,12H2,1-2H3,(H,25,26,32). The van der Waals surface area contributed by atoms with E-state index in [0.29, 0.717) is 28.2 Å². The molecule has 2 aromatic heterocycles. The van der Waals surface area contributed by atoms with Crippen LogP contribution in [-0.2, 0) is 23.1 Å². The van der Waals surface area contributed by atoms with Crippen LogP contribution in [0.25, 0.3) is 11.0 Å². The Morgan fingerprint density at radius 3 is 2.66 bits per heavy atom. The first-order valence-electron chi connectivity index (χ1n) is 9.62. The Balaban J connectivity index is 1.59. The number of carbonyl (C=O) groups is 2. The fourth-order valence-corrected chi connectivity index (χ4v) is 3.54. The second-order valence-electron chi connectivity index (χ2n) is 7.04. The summed E-state index contributed by atoms with van der Waals surface area (Å²) >= 11 is 6.00. The van der Waals surface area contributed by atoms with Crippen LogP contribution in [0.1, 0.15) is 12.5 Å². The fourth-order valence-electron chi connectivity index (χ4n) is 3.31. The van der Waals surface area contributed by atoms with Crippen LogP contribution in [0, 0.1) is 5.82 Å². The van der Waals surface area contributed by atoms with Crippen molar-refractivity contribution in [3.05, 3.63) is 71.1 Å². The van der Waals surface area contributed by atoms with Gasteiger partial charge in [-0.2, -0.15) is 15.0 Å². The maximum atomic E-state index is 14.0. The number of anilines is 3. The molecule has 0 aliphatic heterocycles. The number of fused-ring (bicyclic) bond motifs is 1. The van der Waals surface area contributed by atoms with E-state index in [2.05, 4.69) is 20.5 Å². The molecule has 4 rings (SSSR count). The summed E-state index contributed by atoms with van der Waals surface area (Å²) < 4.78 is 14.0.